The molecule has 0 aliphatic rings. The zero-order valence-corrected chi connectivity index (χ0v) is 12.0. The highest BCUT2D eigenvalue weighted by atomic mass is 32.1. The van der Waals surface area contributed by atoms with Crippen LogP contribution in [0.3, 0.4) is 0 Å². The topological polar surface area (TPSA) is 48.1 Å². The van der Waals surface area contributed by atoms with Gasteiger partial charge in [0, 0.05) is 17.8 Å². The molecule has 0 bridgehead atoms. The van der Waals surface area contributed by atoms with Gasteiger partial charge in [0.2, 0.25) is 5.88 Å². The van der Waals surface area contributed by atoms with E-state index in [1.807, 2.05) is 19.9 Å². The van der Waals surface area contributed by atoms with E-state index in [4.69, 9.17) is 22.7 Å². The Bertz CT molecular complexity index is 638. The average Bonchev–Trinajstić information content (AvgIpc) is 2.35. The minimum absolute atomic E-state index is 0.337. The minimum atomic E-state index is 0.337. The number of hydrogen-bond donors (Lipinski definition) is 1. The normalized spacial score (nSPS) is 10.3. The van der Waals surface area contributed by atoms with Gasteiger partial charge in [0.25, 0.3) is 0 Å². The van der Waals surface area contributed by atoms with Crippen LogP contribution in [0, 0.1) is 20.8 Å². The number of nitrogens with two attached hydrogens (primary N) is 1. The van der Waals surface area contributed by atoms with Crippen molar-refractivity contribution >= 4 is 17.2 Å². The van der Waals surface area contributed by atoms with Crippen LogP contribution in [0.4, 0.5) is 0 Å². The number of rotatable bonds is 3. The lowest BCUT2D eigenvalue weighted by Crippen LogP contribution is -2.09. The van der Waals surface area contributed by atoms with E-state index in [9.17, 15) is 0 Å². The summed E-state index contributed by atoms with van der Waals surface area (Å²) in [5.41, 5.74) is 9.81. The van der Waals surface area contributed by atoms with Crippen LogP contribution in [-0.4, -0.2) is 9.97 Å². The second kappa shape index (κ2) is 5.36. The van der Waals surface area contributed by atoms with Crippen LogP contribution in [0.2, 0.25) is 0 Å². The number of aromatic nitrogens is 1. The summed E-state index contributed by atoms with van der Waals surface area (Å²) in [6, 6.07) is 7.64. The number of benzene rings is 1. The van der Waals surface area contributed by atoms with Crippen molar-refractivity contribution in [2.24, 2.45) is 5.73 Å². The molecule has 0 aliphatic heterocycles. The van der Waals surface area contributed by atoms with Gasteiger partial charge in [-0.1, -0.05) is 18.3 Å². The van der Waals surface area contributed by atoms with Crippen molar-refractivity contribution in [3.8, 4) is 11.6 Å². The zero-order chi connectivity index (χ0) is 14.0. The van der Waals surface area contributed by atoms with E-state index < -0.39 is 0 Å². The molecule has 1 aromatic carbocycles. The molecule has 3 nitrogen and oxygen atoms in total. The van der Waals surface area contributed by atoms with Crippen LogP contribution in [-0.2, 0) is 0 Å². The third-order valence-corrected chi connectivity index (χ3v) is 3.23. The van der Waals surface area contributed by atoms with E-state index >= 15 is 0 Å². The van der Waals surface area contributed by atoms with Gasteiger partial charge in [-0.05, 0) is 49.6 Å². The summed E-state index contributed by atoms with van der Waals surface area (Å²) in [5.74, 6) is 1.31. The summed E-state index contributed by atoms with van der Waals surface area (Å²) in [6.07, 6.45) is 1.64. The van der Waals surface area contributed by atoms with Gasteiger partial charge in [0.15, 0.2) is 0 Å². The van der Waals surface area contributed by atoms with E-state index in [0.29, 0.717) is 10.9 Å². The van der Waals surface area contributed by atoms with Gasteiger partial charge in [-0.3, -0.25) is 0 Å². The smallest absolute Gasteiger partial charge is 0.219 e. The second-order valence-corrected chi connectivity index (χ2v) is 4.99. The van der Waals surface area contributed by atoms with Gasteiger partial charge >= 0.3 is 0 Å². The molecule has 2 N–H and O–H groups in total. The maximum absolute atomic E-state index is 5.84. The molecule has 0 amide bonds. The first kappa shape index (κ1) is 13.5. The van der Waals surface area contributed by atoms with Crippen LogP contribution in [0.25, 0.3) is 0 Å². The van der Waals surface area contributed by atoms with Crippen molar-refractivity contribution in [3.05, 3.63) is 52.7 Å². The Morgan fingerprint density at radius 3 is 2.63 bits per heavy atom. The maximum atomic E-state index is 5.84. The summed E-state index contributed by atoms with van der Waals surface area (Å²) in [7, 11) is 0. The molecule has 0 spiro atoms. The van der Waals surface area contributed by atoms with Crippen molar-refractivity contribution in [2.75, 3.05) is 0 Å². The SMILES string of the molecule is Cc1cc(C)c(C)c(Oc2cc(C(N)=S)ccn2)c1. The van der Waals surface area contributed by atoms with Gasteiger partial charge in [-0.2, -0.15) is 0 Å². The van der Waals surface area contributed by atoms with Gasteiger partial charge in [0.1, 0.15) is 10.7 Å². The fourth-order valence-corrected chi connectivity index (χ4v) is 1.96. The molecule has 0 saturated heterocycles. The summed E-state index contributed by atoms with van der Waals surface area (Å²) >= 11 is 4.95. The number of aryl methyl sites for hydroxylation is 2. The van der Waals surface area contributed by atoms with E-state index in [1.165, 1.54) is 5.56 Å². The van der Waals surface area contributed by atoms with Gasteiger partial charge in [0.05, 0.1) is 0 Å². The summed E-state index contributed by atoms with van der Waals surface area (Å²) in [6.45, 7) is 6.13. The molecular weight excluding hydrogens is 256 g/mol. The number of ether oxygens (including phenoxy) is 1. The largest absolute Gasteiger partial charge is 0.439 e. The third kappa shape index (κ3) is 3.09. The highest BCUT2D eigenvalue weighted by molar-refractivity contribution is 7.80. The van der Waals surface area contributed by atoms with Crippen molar-refractivity contribution in [3.63, 3.8) is 0 Å². The van der Waals surface area contributed by atoms with Crippen molar-refractivity contribution in [1.82, 2.24) is 4.98 Å². The zero-order valence-electron chi connectivity index (χ0n) is 11.2. The summed E-state index contributed by atoms with van der Waals surface area (Å²) in [5, 5.41) is 0. The lowest BCUT2D eigenvalue weighted by atomic mass is 10.1. The highest BCUT2D eigenvalue weighted by Gasteiger charge is 2.07. The second-order valence-electron chi connectivity index (χ2n) is 4.55. The molecule has 0 unspecified atom stereocenters. The fraction of sp³-hybridized carbons (Fsp3) is 0.200. The highest BCUT2D eigenvalue weighted by Crippen LogP contribution is 2.27. The Balaban J connectivity index is 2.36. The molecule has 1 aromatic heterocycles. The molecule has 2 rings (SSSR count). The minimum Gasteiger partial charge on any atom is -0.439 e. The number of pyridine rings is 1. The van der Waals surface area contributed by atoms with E-state index in [2.05, 4.69) is 18.0 Å². The lowest BCUT2D eigenvalue weighted by molar-refractivity contribution is 0.458. The number of hydrogen-bond acceptors (Lipinski definition) is 3. The Hall–Kier alpha value is -1.94. The van der Waals surface area contributed by atoms with Crippen molar-refractivity contribution in [1.29, 1.82) is 0 Å². The lowest BCUT2D eigenvalue weighted by Gasteiger charge is -2.11. The quantitative estimate of drug-likeness (QED) is 0.870. The number of nitrogens with zero attached hydrogens (tertiary/aromatic N) is 1. The van der Waals surface area contributed by atoms with Gasteiger partial charge < -0.3 is 10.5 Å². The van der Waals surface area contributed by atoms with Gasteiger partial charge in [-0.15, -0.1) is 0 Å². The monoisotopic (exact) mass is 272 g/mol. The van der Waals surface area contributed by atoms with Crippen LogP contribution in [0.15, 0.2) is 30.5 Å². The first-order chi connectivity index (χ1) is 8.97. The number of thiocarbonyl (C=S) groups is 1. The van der Waals surface area contributed by atoms with Crippen LogP contribution >= 0.6 is 12.2 Å². The Morgan fingerprint density at radius 1 is 1.21 bits per heavy atom. The Kier molecular flexibility index (Phi) is 3.81. The molecule has 19 heavy (non-hydrogen) atoms. The summed E-state index contributed by atoms with van der Waals surface area (Å²) < 4.78 is 5.84. The third-order valence-electron chi connectivity index (χ3n) is 3.00. The molecule has 4 heteroatoms. The average molecular weight is 272 g/mol. The van der Waals surface area contributed by atoms with Crippen LogP contribution in [0.5, 0.6) is 11.6 Å². The predicted molar refractivity (Wildman–Crippen MR) is 80.9 cm³/mol. The van der Waals surface area contributed by atoms with E-state index in [-0.39, 0.29) is 0 Å². The fourth-order valence-electron chi connectivity index (χ4n) is 1.84. The Morgan fingerprint density at radius 2 is 1.95 bits per heavy atom. The molecule has 0 saturated carbocycles. The molecule has 1 heterocycles. The molecule has 98 valence electrons. The van der Waals surface area contributed by atoms with Crippen LogP contribution < -0.4 is 10.5 Å². The standard InChI is InChI=1S/C15H16N2OS/c1-9-6-10(2)11(3)13(7-9)18-14-8-12(15(16)19)4-5-17-14/h4-8H,1-3H3,(H2,16,19). The van der Waals surface area contributed by atoms with Crippen molar-refractivity contribution < 1.29 is 4.74 Å². The first-order valence-electron chi connectivity index (χ1n) is 5.99. The molecule has 0 atom stereocenters. The van der Waals surface area contributed by atoms with E-state index in [0.717, 1.165) is 22.4 Å². The van der Waals surface area contributed by atoms with Crippen LogP contribution in [0.1, 0.15) is 22.3 Å². The van der Waals surface area contributed by atoms with Crippen molar-refractivity contribution in [2.45, 2.75) is 20.8 Å². The maximum Gasteiger partial charge on any atom is 0.219 e. The summed E-state index contributed by atoms with van der Waals surface area (Å²) in [4.78, 5) is 4.52. The van der Waals surface area contributed by atoms with E-state index in [1.54, 1.807) is 18.3 Å². The first-order valence-corrected chi connectivity index (χ1v) is 6.40. The molecule has 0 radical (unpaired) electrons. The Labute approximate surface area is 118 Å². The molecular formula is C15H16N2OS. The molecule has 0 fully saturated rings. The van der Waals surface area contributed by atoms with Gasteiger partial charge in [-0.25, -0.2) is 4.98 Å². The molecule has 0 aliphatic carbocycles. The molecule has 2 aromatic rings. The predicted octanol–water partition coefficient (Wildman–Crippen LogP) is 3.43.